The van der Waals surface area contributed by atoms with Crippen molar-refractivity contribution < 1.29 is 4.74 Å². The van der Waals surface area contributed by atoms with Gasteiger partial charge in [0.05, 0.1) is 11.6 Å². The summed E-state index contributed by atoms with van der Waals surface area (Å²) in [6.07, 6.45) is 13.4. The van der Waals surface area contributed by atoms with E-state index >= 15 is 0 Å². The normalized spacial score (nSPS) is 38.5. The minimum absolute atomic E-state index is 0.00876. The lowest BCUT2D eigenvalue weighted by atomic mass is 9.74. The average Bonchev–Trinajstić information content (AvgIpc) is 3.08. The van der Waals surface area contributed by atoms with E-state index in [1.54, 1.807) is 0 Å². The van der Waals surface area contributed by atoms with Gasteiger partial charge in [-0.25, -0.2) is 0 Å². The van der Waals surface area contributed by atoms with Crippen LogP contribution in [0.25, 0.3) is 0 Å². The number of rotatable bonds is 5. The lowest BCUT2D eigenvalue weighted by Gasteiger charge is -2.43. The van der Waals surface area contributed by atoms with Gasteiger partial charge in [-0.15, -0.1) is 0 Å². The number of ether oxygens (including phenoxy) is 1. The van der Waals surface area contributed by atoms with E-state index in [0.717, 1.165) is 17.8 Å². The van der Waals surface area contributed by atoms with Crippen LogP contribution in [0.1, 0.15) is 64.2 Å². The lowest BCUT2D eigenvalue weighted by molar-refractivity contribution is -0.0740. The van der Waals surface area contributed by atoms with Crippen LogP contribution in [0.2, 0.25) is 0 Å². The van der Waals surface area contributed by atoms with E-state index in [9.17, 15) is 0 Å². The zero-order valence-electron chi connectivity index (χ0n) is 12.4. The van der Waals surface area contributed by atoms with Gasteiger partial charge < -0.3 is 4.74 Å². The number of nitrogens with two attached hydrogens (primary N) is 1. The molecule has 0 heterocycles. The van der Waals surface area contributed by atoms with Crippen LogP contribution in [-0.4, -0.2) is 18.8 Å². The Morgan fingerprint density at radius 3 is 2.53 bits per heavy atom. The Kier molecular flexibility index (Phi) is 4.16. The van der Waals surface area contributed by atoms with E-state index in [2.05, 4.69) is 5.43 Å². The van der Waals surface area contributed by atoms with Gasteiger partial charge in [0.25, 0.3) is 0 Å². The zero-order chi connectivity index (χ0) is 13.3. The van der Waals surface area contributed by atoms with Crippen LogP contribution in [0.5, 0.6) is 0 Å². The second-order valence-electron chi connectivity index (χ2n) is 7.22. The number of fused-ring (bicyclic) bond motifs is 2. The maximum Gasteiger partial charge on any atom is 0.0844 e. The first-order chi connectivity index (χ1) is 9.27. The Balaban J connectivity index is 1.65. The third-order valence-corrected chi connectivity index (χ3v) is 6.37. The summed E-state index contributed by atoms with van der Waals surface area (Å²) in [4.78, 5) is 0. The third-order valence-electron chi connectivity index (χ3n) is 6.37. The fourth-order valence-corrected chi connectivity index (χ4v) is 5.25. The van der Waals surface area contributed by atoms with Crippen molar-refractivity contribution in [3.8, 4) is 0 Å². The minimum Gasteiger partial charge on any atom is -0.377 e. The van der Waals surface area contributed by atoms with Crippen molar-refractivity contribution in [2.45, 2.75) is 75.9 Å². The van der Waals surface area contributed by atoms with Crippen molar-refractivity contribution in [2.75, 3.05) is 7.11 Å². The van der Waals surface area contributed by atoms with Crippen LogP contribution in [0, 0.1) is 17.8 Å². The molecular weight excluding hydrogens is 236 g/mol. The molecule has 0 spiro atoms. The summed E-state index contributed by atoms with van der Waals surface area (Å²) < 4.78 is 5.98. The van der Waals surface area contributed by atoms with Crippen LogP contribution >= 0.6 is 0 Å². The summed E-state index contributed by atoms with van der Waals surface area (Å²) in [5.74, 6) is 8.82. The Morgan fingerprint density at radius 2 is 2.00 bits per heavy atom. The summed E-state index contributed by atoms with van der Waals surface area (Å²) >= 11 is 0. The molecule has 0 saturated heterocycles. The fraction of sp³-hybridized carbons (Fsp3) is 1.00. The minimum atomic E-state index is 0.00876. The molecule has 2 bridgehead atoms. The summed E-state index contributed by atoms with van der Waals surface area (Å²) in [7, 11) is 1.89. The van der Waals surface area contributed by atoms with Gasteiger partial charge in [0, 0.05) is 7.11 Å². The summed E-state index contributed by atoms with van der Waals surface area (Å²) in [6.45, 7) is 0. The molecule has 3 saturated carbocycles. The quantitative estimate of drug-likeness (QED) is 0.594. The summed E-state index contributed by atoms with van der Waals surface area (Å²) in [6, 6.07) is 0.349. The topological polar surface area (TPSA) is 47.3 Å². The molecule has 3 N–H and O–H groups in total. The number of hydrazine groups is 1. The average molecular weight is 266 g/mol. The Morgan fingerprint density at radius 1 is 1.21 bits per heavy atom. The summed E-state index contributed by atoms with van der Waals surface area (Å²) in [5, 5.41) is 0. The van der Waals surface area contributed by atoms with E-state index in [1.807, 2.05) is 7.11 Å². The third kappa shape index (κ3) is 2.57. The van der Waals surface area contributed by atoms with E-state index in [0.29, 0.717) is 6.04 Å². The highest BCUT2D eigenvalue weighted by Gasteiger charge is 2.45. The van der Waals surface area contributed by atoms with Gasteiger partial charge in [0.15, 0.2) is 0 Å². The van der Waals surface area contributed by atoms with Crippen LogP contribution in [0.15, 0.2) is 0 Å². The van der Waals surface area contributed by atoms with Gasteiger partial charge in [0.2, 0.25) is 0 Å². The summed E-state index contributed by atoms with van der Waals surface area (Å²) in [5.41, 5.74) is 3.13. The molecule has 4 unspecified atom stereocenters. The monoisotopic (exact) mass is 266 g/mol. The molecule has 0 aliphatic heterocycles. The maximum atomic E-state index is 5.98. The molecular formula is C16H30N2O. The largest absolute Gasteiger partial charge is 0.377 e. The second-order valence-corrected chi connectivity index (χ2v) is 7.22. The first-order valence-electron chi connectivity index (χ1n) is 8.28. The van der Waals surface area contributed by atoms with Crippen molar-refractivity contribution in [3.05, 3.63) is 0 Å². The smallest absolute Gasteiger partial charge is 0.0844 e. The maximum absolute atomic E-state index is 5.98. The highest BCUT2D eigenvalue weighted by atomic mass is 16.5. The number of hydrogen-bond acceptors (Lipinski definition) is 3. The molecule has 0 aromatic heterocycles. The Bertz CT molecular complexity index is 301. The Hall–Kier alpha value is -0.120. The van der Waals surface area contributed by atoms with Gasteiger partial charge in [-0.05, 0) is 56.3 Å². The van der Waals surface area contributed by atoms with E-state index in [1.165, 1.54) is 64.2 Å². The second kappa shape index (κ2) is 5.71. The molecule has 4 atom stereocenters. The van der Waals surface area contributed by atoms with Crippen molar-refractivity contribution >= 4 is 0 Å². The van der Waals surface area contributed by atoms with Crippen LogP contribution < -0.4 is 11.3 Å². The number of nitrogens with one attached hydrogen (secondary N) is 1. The molecule has 3 rings (SSSR count). The van der Waals surface area contributed by atoms with Gasteiger partial charge in [-0.3, -0.25) is 11.3 Å². The zero-order valence-corrected chi connectivity index (χ0v) is 12.4. The standard InChI is InChI=1S/C16H30N2O/c1-19-16(7-3-2-4-8-16)15(18-17)11-14-10-12-5-6-13(14)9-12/h12-15,18H,2-11,17H2,1H3. The molecule has 3 nitrogen and oxygen atoms in total. The predicted molar refractivity (Wildman–Crippen MR) is 77.5 cm³/mol. The van der Waals surface area contributed by atoms with Crippen LogP contribution in [0.4, 0.5) is 0 Å². The molecule has 19 heavy (non-hydrogen) atoms. The number of methoxy groups -OCH3 is 1. The van der Waals surface area contributed by atoms with Crippen molar-refractivity contribution in [1.82, 2.24) is 5.43 Å². The lowest BCUT2D eigenvalue weighted by Crippen LogP contribution is -2.56. The van der Waals surface area contributed by atoms with E-state index < -0.39 is 0 Å². The van der Waals surface area contributed by atoms with Gasteiger partial charge >= 0.3 is 0 Å². The van der Waals surface area contributed by atoms with Gasteiger partial charge in [-0.2, -0.15) is 0 Å². The molecule has 3 fully saturated rings. The highest BCUT2D eigenvalue weighted by molar-refractivity contribution is 4.99. The van der Waals surface area contributed by atoms with Crippen molar-refractivity contribution in [1.29, 1.82) is 0 Å². The van der Waals surface area contributed by atoms with Crippen LogP contribution in [-0.2, 0) is 4.74 Å². The van der Waals surface area contributed by atoms with Gasteiger partial charge in [0.1, 0.15) is 0 Å². The Labute approximate surface area is 117 Å². The first kappa shape index (κ1) is 13.8. The molecule has 3 heteroatoms. The molecule has 0 aromatic rings. The highest BCUT2D eigenvalue weighted by Crippen LogP contribution is 2.51. The molecule has 0 radical (unpaired) electrons. The van der Waals surface area contributed by atoms with Gasteiger partial charge in [-0.1, -0.05) is 25.7 Å². The van der Waals surface area contributed by atoms with Crippen molar-refractivity contribution in [2.24, 2.45) is 23.6 Å². The van der Waals surface area contributed by atoms with Crippen LogP contribution in [0.3, 0.4) is 0 Å². The van der Waals surface area contributed by atoms with Crippen molar-refractivity contribution in [3.63, 3.8) is 0 Å². The SMILES string of the molecule is COC1(C(CC2CC3CCC2C3)NN)CCCCC1. The molecule has 3 aliphatic rings. The molecule has 0 aromatic carbocycles. The first-order valence-corrected chi connectivity index (χ1v) is 8.28. The van der Waals surface area contributed by atoms with E-state index in [4.69, 9.17) is 10.6 Å². The number of hydrogen-bond donors (Lipinski definition) is 2. The fourth-order valence-electron chi connectivity index (χ4n) is 5.25. The molecule has 0 amide bonds. The molecule has 110 valence electrons. The molecule has 3 aliphatic carbocycles. The van der Waals surface area contributed by atoms with E-state index in [-0.39, 0.29) is 5.60 Å². The predicted octanol–water partition coefficient (Wildman–Crippen LogP) is 2.99.